The van der Waals surface area contributed by atoms with Gasteiger partial charge in [0.1, 0.15) is 16.1 Å². The van der Waals surface area contributed by atoms with Gasteiger partial charge in [0.05, 0.1) is 0 Å². The maximum atomic E-state index is 12.5. The third kappa shape index (κ3) is 8.20. The quantitative estimate of drug-likeness (QED) is 0.303. The highest BCUT2D eigenvalue weighted by atomic mass is 32.5. The zero-order valence-electron chi connectivity index (χ0n) is 17.0. The molecule has 0 fully saturated rings. The van der Waals surface area contributed by atoms with E-state index in [1.54, 1.807) is 0 Å². The van der Waals surface area contributed by atoms with Gasteiger partial charge in [0.25, 0.3) is 0 Å². The van der Waals surface area contributed by atoms with Crippen LogP contribution in [-0.4, -0.2) is 12.8 Å². The van der Waals surface area contributed by atoms with Crippen LogP contribution >= 0.6 is 20.4 Å². The van der Waals surface area contributed by atoms with Crippen LogP contribution in [0.1, 0.15) is 34.0 Å². The minimum Gasteiger partial charge on any atom is -0.313 e. The minimum atomic E-state index is -9.62. The van der Waals surface area contributed by atoms with Crippen molar-refractivity contribution in [1.29, 1.82) is 0 Å². The minimum absolute atomic E-state index is 0.0411. The highest BCUT2D eigenvalue weighted by molar-refractivity contribution is 8.46. The van der Waals surface area contributed by atoms with E-state index in [4.69, 9.17) is 0 Å². The summed E-state index contributed by atoms with van der Waals surface area (Å²) >= 11 is 0. The lowest BCUT2D eigenvalue weighted by atomic mass is 10.1. The van der Waals surface area contributed by atoms with Gasteiger partial charge in [-0.15, -0.1) is 0 Å². The van der Waals surface area contributed by atoms with Gasteiger partial charge in [0, 0.05) is 12.1 Å². The molecule has 1 N–H and O–H groups in total. The van der Waals surface area contributed by atoms with E-state index in [9.17, 15) is 43.7 Å². The molecule has 14 heteroatoms. The number of rotatable bonds is 6. The highest BCUT2D eigenvalue weighted by Gasteiger charge is 2.66. The van der Waals surface area contributed by atoms with E-state index in [-0.39, 0.29) is 28.8 Å². The SMILES string of the molecule is CCNCc1ccc(S(F)(F)(F)(F)F)cc1C.Cc1cc(S(F)(F)(F)(F)F)ccc1C=O. The van der Waals surface area contributed by atoms with Crippen LogP contribution < -0.4 is 5.32 Å². The molecule has 0 aromatic heterocycles. The summed E-state index contributed by atoms with van der Waals surface area (Å²) in [5.41, 5.74) is 0.616. The predicted molar refractivity (Wildman–Crippen MR) is 108 cm³/mol. The first kappa shape index (κ1) is 28.1. The van der Waals surface area contributed by atoms with E-state index in [1.807, 2.05) is 6.92 Å². The normalized spacial score (nSPS) is 16.5. The Kier molecular flexibility index (Phi) is 6.40. The topological polar surface area (TPSA) is 29.1 Å². The summed E-state index contributed by atoms with van der Waals surface area (Å²) in [6, 6.07) is 3.28. The van der Waals surface area contributed by atoms with Crippen LogP contribution in [0.4, 0.5) is 38.9 Å². The Bertz CT molecular complexity index is 1020. The third-order valence-corrected chi connectivity index (χ3v) is 6.43. The molecule has 2 nitrogen and oxygen atoms in total. The second kappa shape index (κ2) is 7.29. The Balaban J connectivity index is 0.000000323. The van der Waals surface area contributed by atoms with Gasteiger partial charge in [-0.2, -0.15) is 0 Å². The zero-order valence-corrected chi connectivity index (χ0v) is 18.6. The van der Waals surface area contributed by atoms with Gasteiger partial charge in [0.15, 0.2) is 0 Å². The van der Waals surface area contributed by atoms with Crippen molar-refractivity contribution < 1.29 is 43.7 Å². The lowest BCUT2D eigenvalue weighted by Gasteiger charge is -2.40. The molecule has 0 saturated carbocycles. The first-order chi connectivity index (χ1) is 13.9. The number of aldehydes is 1. The zero-order chi connectivity index (χ0) is 25.4. The molecule has 2 aromatic carbocycles. The molecule has 32 heavy (non-hydrogen) atoms. The van der Waals surface area contributed by atoms with E-state index in [1.165, 1.54) is 6.92 Å². The first-order valence-corrected chi connectivity index (χ1v) is 12.6. The van der Waals surface area contributed by atoms with Crippen molar-refractivity contribution in [3.8, 4) is 0 Å². The molecule has 0 bridgehead atoms. The van der Waals surface area contributed by atoms with Crippen LogP contribution in [0, 0.1) is 13.8 Å². The van der Waals surface area contributed by atoms with Crippen molar-refractivity contribution in [3.05, 3.63) is 58.7 Å². The predicted octanol–water partition coefficient (Wildman–Crippen LogP) is 9.23. The Morgan fingerprint density at radius 3 is 1.53 bits per heavy atom. The molecule has 186 valence electrons. The highest BCUT2D eigenvalue weighted by Crippen LogP contribution is 3.02. The maximum absolute atomic E-state index is 12.5. The summed E-state index contributed by atoms with van der Waals surface area (Å²) < 4.78 is 124. The van der Waals surface area contributed by atoms with Crippen LogP contribution in [0.25, 0.3) is 0 Å². The molecular formula is C18H21F10NOS2. The molecule has 0 aliphatic rings. The van der Waals surface area contributed by atoms with Gasteiger partial charge in [-0.05, 0) is 67.4 Å². The van der Waals surface area contributed by atoms with E-state index in [0.717, 1.165) is 19.1 Å². The van der Waals surface area contributed by atoms with Crippen molar-refractivity contribution in [2.75, 3.05) is 6.54 Å². The van der Waals surface area contributed by atoms with E-state index in [0.29, 0.717) is 37.1 Å². The molecule has 0 atom stereocenters. The number of hydrogen-bond acceptors (Lipinski definition) is 2. The average molecular weight is 521 g/mol. The van der Waals surface area contributed by atoms with Crippen molar-refractivity contribution in [1.82, 2.24) is 5.32 Å². The largest absolute Gasteiger partial charge is 0.313 e. The molecule has 2 aromatic rings. The Morgan fingerprint density at radius 2 is 1.19 bits per heavy atom. The average Bonchev–Trinajstić information content (AvgIpc) is 2.57. The number of benzene rings is 2. The number of aryl methyl sites for hydroxylation is 2. The standard InChI is InChI=1S/C10H14F5NS.C8H7F5OS/c1-3-16-7-9-4-5-10(6-8(9)2)17(11,12,13,14)15;1-6-4-8(3-2-7(6)5-14)15(9,10,11,12)13/h4-6,16H,3,7H2,1-2H3;2-5H,1H3. The summed E-state index contributed by atoms with van der Waals surface area (Å²) in [5, 5.41) is 2.92. The van der Waals surface area contributed by atoms with Crippen LogP contribution in [0.3, 0.4) is 0 Å². The second-order valence-electron chi connectivity index (χ2n) is 6.94. The van der Waals surface area contributed by atoms with Crippen molar-refractivity contribution in [3.63, 3.8) is 0 Å². The van der Waals surface area contributed by atoms with Gasteiger partial charge in [-0.25, -0.2) is 0 Å². The molecule has 0 heterocycles. The number of hydrogen-bond donors (Lipinski definition) is 1. The van der Waals surface area contributed by atoms with Gasteiger partial charge in [-0.1, -0.05) is 51.8 Å². The fraction of sp³-hybridized carbons (Fsp3) is 0.278. The number of carbonyl (C=O) groups is 1. The molecule has 0 aliphatic heterocycles. The summed E-state index contributed by atoms with van der Waals surface area (Å²) in [6.07, 6.45) is 0.310. The molecule has 2 rings (SSSR count). The lowest BCUT2D eigenvalue weighted by Crippen LogP contribution is -2.13. The smallest absolute Gasteiger partial charge is 0.310 e. The third-order valence-electron chi connectivity index (χ3n) is 4.14. The van der Waals surface area contributed by atoms with Gasteiger partial charge in [-0.3, -0.25) is 4.79 Å². The summed E-state index contributed by atoms with van der Waals surface area (Å²) in [7, 11) is -19.2. The molecule has 0 radical (unpaired) electrons. The van der Waals surface area contributed by atoms with E-state index >= 15 is 0 Å². The molecule has 0 spiro atoms. The molecule has 0 unspecified atom stereocenters. The molecule has 0 saturated heterocycles. The Morgan fingerprint density at radius 1 is 0.750 bits per heavy atom. The van der Waals surface area contributed by atoms with Gasteiger partial charge >= 0.3 is 20.4 Å². The Labute approximate surface area is 178 Å². The monoisotopic (exact) mass is 521 g/mol. The second-order valence-corrected chi connectivity index (χ2v) is 11.8. The van der Waals surface area contributed by atoms with Crippen LogP contribution in [0.5, 0.6) is 0 Å². The van der Waals surface area contributed by atoms with Crippen molar-refractivity contribution in [2.45, 2.75) is 37.1 Å². The lowest BCUT2D eigenvalue weighted by molar-refractivity contribution is 0.112. The van der Waals surface area contributed by atoms with Crippen molar-refractivity contribution in [2.24, 2.45) is 0 Å². The van der Waals surface area contributed by atoms with Crippen LogP contribution in [0.15, 0.2) is 46.2 Å². The van der Waals surface area contributed by atoms with E-state index < -0.39 is 30.2 Å². The summed E-state index contributed by atoms with van der Waals surface area (Å²) in [4.78, 5) is 6.48. The first-order valence-electron chi connectivity index (χ1n) is 8.72. The fourth-order valence-corrected chi connectivity index (χ4v) is 3.84. The number of nitrogens with one attached hydrogen (secondary N) is 1. The molecule has 0 aliphatic carbocycles. The van der Waals surface area contributed by atoms with Crippen LogP contribution in [0.2, 0.25) is 0 Å². The van der Waals surface area contributed by atoms with Crippen molar-refractivity contribution >= 4 is 26.7 Å². The number of carbonyl (C=O) groups excluding carboxylic acids is 1. The van der Waals surface area contributed by atoms with Gasteiger partial charge < -0.3 is 5.32 Å². The summed E-state index contributed by atoms with van der Waals surface area (Å²) in [5.74, 6) is 0. The van der Waals surface area contributed by atoms with Gasteiger partial charge in [0.2, 0.25) is 0 Å². The number of halogens is 10. The maximum Gasteiger partial charge on any atom is 0.310 e. The fourth-order valence-electron chi connectivity index (χ4n) is 2.39. The molecular weight excluding hydrogens is 500 g/mol. The van der Waals surface area contributed by atoms with Crippen LogP contribution in [-0.2, 0) is 6.54 Å². The Hall–Kier alpha value is -1.93. The summed E-state index contributed by atoms with van der Waals surface area (Å²) in [6.45, 7) is 5.42. The van der Waals surface area contributed by atoms with E-state index in [2.05, 4.69) is 5.32 Å². The molecule has 0 amide bonds.